The van der Waals surface area contributed by atoms with Gasteiger partial charge in [-0.3, -0.25) is 0 Å². The maximum atomic E-state index is 5.40. The first-order valence-corrected chi connectivity index (χ1v) is 9.56. The number of halogens is 1. The Morgan fingerprint density at radius 1 is 1.14 bits per heavy atom. The predicted molar refractivity (Wildman–Crippen MR) is 122 cm³/mol. The molecule has 1 aliphatic carbocycles. The number of rotatable bonds is 8. The van der Waals surface area contributed by atoms with Crippen LogP contribution >= 0.6 is 24.0 Å². The molecule has 1 aromatic heterocycles. The van der Waals surface area contributed by atoms with Gasteiger partial charge in [-0.2, -0.15) is 0 Å². The molecule has 0 amide bonds. The molecule has 0 spiro atoms. The van der Waals surface area contributed by atoms with Gasteiger partial charge in [0, 0.05) is 19.0 Å². The second kappa shape index (κ2) is 11.8. The summed E-state index contributed by atoms with van der Waals surface area (Å²) in [5, 5.41) is 7.00. The summed E-state index contributed by atoms with van der Waals surface area (Å²) in [6.07, 6.45) is 7.51. The van der Waals surface area contributed by atoms with Gasteiger partial charge in [-0.25, -0.2) is 4.99 Å². The summed E-state index contributed by atoms with van der Waals surface area (Å²) in [5.41, 5.74) is 1.08. The van der Waals surface area contributed by atoms with E-state index in [1.807, 2.05) is 30.3 Å². The number of nitrogens with zero attached hydrogens (tertiary/aromatic N) is 1. The van der Waals surface area contributed by atoms with Crippen molar-refractivity contribution in [2.75, 3.05) is 20.8 Å². The predicted octanol–water partition coefficient (Wildman–Crippen LogP) is 4.14. The van der Waals surface area contributed by atoms with Crippen LogP contribution in [0.5, 0.6) is 11.5 Å². The van der Waals surface area contributed by atoms with Crippen molar-refractivity contribution < 1.29 is 13.9 Å². The van der Waals surface area contributed by atoms with Gasteiger partial charge in [0.25, 0.3) is 0 Å². The van der Waals surface area contributed by atoms with Crippen LogP contribution < -0.4 is 20.1 Å². The van der Waals surface area contributed by atoms with Crippen molar-refractivity contribution in [2.45, 2.75) is 44.7 Å². The van der Waals surface area contributed by atoms with Crippen LogP contribution in [0.3, 0.4) is 0 Å². The minimum Gasteiger partial charge on any atom is -0.493 e. The molecule has 28 heavy (non-hydrogen) atoms. The van der Waals surface area contributed by atoms with Crippen molar-refractivity contribution in [2.24, 2.45) is 4.99 Å². The Morgan fingerprint density at radius 2 is 1.93 bits per heavy atom. The molecule has 2 N–H and O–H groups in total. The van der Waals surface area contributed by atoms with E-state index < -0.39 is 0 Å². The molecular weight excluding hydrogens is 469 g/mol. The summed E-state index contributed by atoms with van der Waals surface area (Å²) >= 11 is 0. The van der Waals surface area contributed by atoms with E-state index in [-0.39, 0.29) is 24.0 Å². The number of guanidine groups is 1. The highest BCUT2D eigenvalue weighted by atomic mass is 127. The Balaban J connectivity index is 0.00000280. The van der Waals surface area contributed by atoms with Crippen LogP contribution in [-0.4, -0.2) is 32.8 Å². The molecule has 1 aromatic carbocycles. The Kier molecular flexibility index (Phi) is 9.46. The quantitative estimate of drug-likeness (QED) is 0.325. The topological polar surface area (TPSA) is 68.0 Å². The summed E-state index contributed by atoms with van der Waals surface area (Å²) in [6.45, 7) is 1.35. The molecule has 0 aliphatic heterocycles. The van der Waals surface area contributed by atoms with E-state index in [0.29, 0.717) is 12.6 Å². The number of furan rings is 1. The third-order valence-corrected chi connectivity index (χ3v) is 4.81. The molecule has 154 valence electrons. The van der Waals surface area contributed by atoms with Gasteiger partial charge in [0.05, 0.1) is 27.0 Å². The Bertz CT molecular complexity index is 729. The monoisotopic (exact) mass is 499 g/mol. The van der Waals surface area contributed by atoms with Crippen LogP contribution in [0, 0.1) is 0 Å². The van der Waals surface area contributed by atoms with E-state index in [1.54, 1.807) is 20.5 Å². The zero-order chi connectivity index (χ0) is 18.9. The van der Waals surface area contributed by atoms with Crippen molar-refractivity contribution in [1.82, 2.24) is 10.6 Å². The van der Waals surface area contributed by atoms with E-state index in [0.717, 1.165) is 41.7 Å². The molecule has 6 nitrogen and oxygen atoms in total. The van der Waals surface area contributed by atoms with Gasteiger partial charge >= 0.3 is 0 Å². The Hall–Kier alpha value is -1.90. The molecular formula is C21H30IN3O3. The largest absolute Gasteiger partial charge is 0.493 e. The van der Waals surface area contributed by atoms with Gasteiger partial charge in [0.1, 0.15) is 5.76 Å². The first-order chi connectivity index (χ1) is 13.3. The second-order valence-electron chi connectivity index (χ2n) is 6.74. The second-order valence-corrected chi connectivity index (χ2v) is 6.74. The molecule has 0 radical (unpaired) electrons. The van der Waals surface area contributed by atoms with Crippen LogP contribution in [0.25, 0.3) is 0 Å². The van der Waals surface area contributed by atoms with Crippen LogP contribution in [0.4, 0.5) is 0 Å². The van der Waals surface area contributed by atoms with Crippen molar-refractivity contribution in [3.05, 3.63) is 47.9 Å². The molecule has 1 aliphatic rings. The van der Waals surface area contributed by atoms with Crippen molar-refractivity contribution in [3.63, 3.8) is 0 Å². The van der Waals surface area contributed by atoms with E-state index in [1.165, 1.54) is 25.7 Å². The average Bonchev–Trinajstić information content (AvgIpc) is 3.39. The van der Waals surface area contributed by atoms with Gasteiger partial charge in [0.15, 0.2) is 17.5 Å². The number of benzene rings is 1. The highest BCUT2D eigenvalue weighted by Gasteiger charge is 2.16. The first kappa shape index (κ1) is 22.4. The van der Waals surface area contributed by atoms with Gasteiger partial charge < -0.3 is 24.5 Å². The zero-order valence-corrected chi connectivity index (χ0v) is 18.9. The molecule has 0 unspecified atom stereocenters. The number of aliphatic imine (C=N–C) groups is 1. The maximum Gasteiger partial charge on any atom is 0.191 e. The van der Waals surface area contributed by atoms with E-state index >= 15 is 0 Å². The van der Waals surface area contributed by atoms with Crippen molar-refractivity contribution >= 4 is 29.9 Å². The van der Waals surface area contributed by atoms with Gasteiger partial charge in [-0.05, 0) is 42.7 Å². The van der Waals surface area contributed by atoms with Crippen LogP contribution in [0.2, 0.25) is 0 Å². The summed E-state index contributed by atoms with van der Waals surface area (Å²) in [5.74, 6) is 3.28. The third-order valence-electron chi connectivity index (χ3n) is 4.81. The molecule has 1 saturated carbocycles. The number of hydrogen-bond donors (Lipinski definition) is 2. The van der Waals surface area contributed by atoms with E-state index in [2.05, 4.69) is 10.6 Å². The van der Waals surface area contributed by atoms with Gasteiger partial charge in [-0.15, -0.1) is 24.0 Å². The van der Waals surface area contributed by atoms with Crippen LogP contribution in [0.15, 0.2) is 46.0 Å². The summed E-state index contributed by atoms with van der Waals surface area (Å²) in [4.78, 5) is 4.77. The summed E-state index contributed by atoms with van der Waals surface area (Å²) in [6, 6.07) is 10.3. The lowest BCUT2D eigenvalue weighted by molar-refractivity contribution is 0.354. The Morgan fingerprint density at radius 3 is 2.61 bits per heavy atom. The third kappa shape index (κ3) is 6.61. The molecule has 2 aromatic rings. The first-order valence-electron chi connectivity index (χ1n) is 9.56. The fraction of sp³-hybridized carbons (Fsp3) is 0.476. The number of nitrogens with one attached hydrogen (secondary N) is 2. The smallest absolute Gasteiger partial charge is 0.191 e. The summed E-state index contributed by atoms with van der Waals surface area (Å²) in [7, 11) is 3.29. The minimum absolute atomic E-state index is 0. The van der Waals surface area contributed by atoms with E-state index in [9.17, 15) is 0 Å². The number of methoxy groups -OCH3 is 2. The molecule has 3 rings (SSSR count). The fourth-order valence-electron chi connectivity index (χ4n) is 3.32. The SMILES string of the molecule is COc1ccc(CN=C(NCCc2ccco2)NC2CCCC2)cc1OC.I. The average molecular weight is 499 g/mol. The van der Waals surface area contributed by atoms with Crippen molar-refractivity contribution in [3.8, 4) is 11.5 Å². The lowest BCUT2D eigenvalue weighted by Gasteiger charge is -2.17. The molecule has 0 atom stereocenters. The number of hydrogen-bond acceptors (Lipinski definition) is 4. The highest BCUT2D eigenvalue weighted by molar-refractivity contribution is 14.0. The van der Waals surface area contributed by atoms with Gasteiger partial charge in [-0.1, -0.05) is 18.9 Å². The zero-order valence-electron chi connectivity index (χ0n) is 16.6. The number of ether oxygens (including phenoxy) is 2. The van der Waals surface area contributed by atoms with Crippen LogP contribution in [0.1, 0.15) is 37.0 Å². The highest BCUT2D eigenvalue weighted by Crippen LogP contribution is 2.27. The minimum atomic E-state index is 0. The van der Waals surface area contributed by atoms with Crippen LogP contribution in [-0.2, 0) is 13.0 Å². The van der Waals surface area contributed by atoms with E-state index in [4.69, 9.17) is 18.9 Å². The fourth-order valence-corrected chi connectivity index (χ4v) is 3.32. The van der Waals surface area contributed by atoms with Gasteiger partial charge in [0.2, 0.25) is 0 Å². The molecule has 1 fully saturated rings. The standard InChI is InChI=1S/C21H29N3O3.HI/c1-25-19-10-9-16(14-20(19)26-2)15-23-21(24-17-6-3-4-7-17)22-12-11-18-8-5-13-27-18;/h5,8-10,13-14,17H,3-4,6-7,11-12,15H2,1-2H3,(H2,22,23,24);1H. The lowest BCUT2D eigenvalue weighted by Crippen LogP contribution is -2.43. The molecule has 7 heteroatoms. The molecule has 0 saturated heterocycles. The Labute approximate surface area is 184 Å². The maximum absolute atomic E-state index is 5.40. The summed E-state index contributed by atoms with van der Waals surface area (Å²) < 4.78 is 16.1. The van der Waals surface area contributed by atoms with Crippen molar-refractivity contribution in [1.29, 1.82) is 0 Å². The molecule has 1 heterocycles. The lowest BCUT2D eigenvalue weighted by atomic mass is 10.2. The molecule has 0 bridgehead atoms. The normalized spacial score (nSPS) is 14.4.